The van der Waals surface area contributed by atoms with Gasteiger partial charge in [0.15, 0.2) is 0 Å². The summed E-state index contributed by atoms with van der Waals surface area (Å²) in [4.78, 5) is 22.6. The molecule has 0 unspecified atom stereocenters. The molecule has 2 heterocycles. The molecule has 0 aromatic carbocycles. The molecular weight excluding hydrogens is 280 g/mol. The Labute approximate surface area is 130 Å². The molecule has 1 amide bonds. The van der Waals surface area contributed by atoms with Gasteiger partial charge in [-0.25, -0.2) is 9.97 Å². The zero-order chi connectivity index (χ0) is 15.4. The minimum Gasteiger partial charge on any atom is -0.380 e. The van der Waals surface area contributed by atoms with Gasteiger partial charge in [-0.1, -0.05) is 12.2 Å². The van der Waals surface area contributed by atoms with E-state index < -0.39 is 0 Å². The van der Waals surface area contributed by atoms with Crippen molar-refractivity contribution < 1.29 is 9.53 Å². The summed E-state index contributed by atoms with van der Waals surface area (Å²) < 4.78 is 5.49. The summed E-state index contributed by atoms with van der Waals surface area (Å²) in [5, 5.41) is 3.09. The normalized spacial score (nSPS) is 24.9. The van der Waals surface area contributed by atoms with Crippen LogP contribution in [0.1, 0.15) is 19.3 Å². The third-order valence-corrected chi connectivity index (χ3v) is 4.46. The molecule has 1 aromatic rings. The van der Waals surface area contributed by atoms with Gasteiger partial charge in [0.05, 0.1) is 12.1 Å². The number of aromatic nitrogens is 2. The molecule has 1 aliphatic carbocycles. The van der Waals surface area contributed by atoms with E-state index in [0.717, 1.165) is 31.6 Å². The Morgan fingerprint density at radius 3 is 2.95 bits per heavy atom. The van der Waals surface area contributed by atoms with Crippen molar-refractivity contribution in [3.63, 3.8) is 0 Å². The Balaban J connectivity index is 1.61. The van der Waals surface area contributed by atoms with E-state index in [-0.39, 0.29) is 24.0 Å². The van der Waals surface area contributed by atoms with Crippen LogP contribution in [0.2, 0.25) is 0 Å². The molecule has 0 radical (unpaired) electrons. The topological polar surface area (TPSA) is 67.3 Å². The van der Waals surface area contributed by atoms with Crippen molar-refractivity contribution in [2.45, 2.75) is 31.4 Å². The molecule has 0 saturated carbocycles. The van der Waals surface area contributed by atoms with E-state index in [2.05, 4.69) is 32.3 Å². The van der Waals surface area contributed by atoms with Crippen LogP contribution in [0.3, 0.4) is 0 Å². The molecule has 1 saturated heterocycles. The Hall–Kier alpha value is -1.95. The SMILES string of the molecule is CO[C@@H]1C[C@H](CNC(=O)C2CC=CC2)N(c2ccncn2)C1. The molecule has 22 heavy (non-hydrogen) atoms. The van der Waals surface area contributed by atoms with Crippen molar-refractivity contribution in [1.82, 2.24) is 15.3 Å². The smallest absolute Gasteiger partial charge is 0.223 e. The predicted octanol–water partition coefficient (Wildman–Crippen LogP) is 1.15. The number of hydrogen-bond acceptors (Lipinski definition) is 5. The van der Waals surface area contributed by atoms with Crippen LogP contribution in [0.15, 0.2) is 30.7 Å². The lowest BCUT2D eigenvalue weighted by atomic mass is 10.1. The number of carbonyl (C=O) groups is 1. The Morgan fingerprint density at radius 1 is 1.45 bits per heavy atom. The minimum atomic E-state index is 0.104. The van der Waals surface area contributed by atoms with Crippen molar-refractivity contribution in [3.8, 4) is 0 Å². The van der Waals surface area contributed by atoms with Crippen LogP contribution in [0.4, 0.5) is 5.82 Å². The van der Waals surface area contributed by atoms with Gasteiger partial charge in [-0.2, -0.15) is 0 Å². The quantitative estimate of drug-likeness (QED) is 0.827. The summed E-state index contributed by atoms with van der Waals surface area (Å²) >= 11 is 0. The first-order valence-electron chi connectivity index (χ1n) is 7.76. The first-order valence-corrected chi connectivity index (χ1v) is 7.76. The van der Waals surface area contributed by atoms with Crippen LogP contribution in [0.25, 0.3) is 0 Å². The number of rotatable bonds is 5. The average molecular weight is 302 g/mol. The highest BCUT2D eigenvalue weighted by atomic mass is 16.5. The van der Waals surface area contributed by atoms with Crippen molar-refractivity contribution in [2.24, 2.45) is 5.92 Å². The third-order valence-electron chi connectivity index (χ3n) is 4.46. The average Bonchev–Trinajstić information content (AvgIpc) is 3.23. The Morgan fingerprint density at radius 2 is 2.27 bits per heavy atom. The molecule has 1 aliphatic heterocycles. The fourth-order valence-corrected chi connectivity index (χ4v) is 3.17. The predicted molar refractivity (Wildman–Crippen MR) is 83.5 cm³/mol. The molecule has 1 N–H and O–H groups in total. The molecule has 118 valence electrons. The lowest BCUT2D eigenvalue weighted by molar-refractivity contribution is -0.124. The van der Waals surface area contributed by atoms with Crippen molar-refractivity contribution in [3.05, 3.63) is 30.7 Å². The zero-order valence-electron chi connectivity index (χ0n) is 12.8. The van der Waals surface area contributed by atoms with E-state index in [0.29, 0.717) is 6.54 Å². The maximum absolute atomic E-state index is 12.2. The molecule has 6 heteroatoms. The number of methoxy groups -OCH3 is 1. The number of nitrogens with zero attached hydrogens (tertiary/aromatic N) is 3. The van der Waals surface area contributed by atoms with E-state index in [1.165, 1.54) is 0 Å². The molecule has 2 aliphatic rings. The summed E-state index contributed by atoms with van der Waals surface area (Å²) in [5.41, 5.74) is 0. The monoisotopic (exact) mass is 302 g/mol. The largest absolute Gasteiger partial charge is 0.380 e. The Bertz CT molecular complexity index is 526. The molecule has 0 bridgehead atoms. The molecule has 3 rings (SSSR count). The highest BCUT2D eigenvalue weighted by molar-refractivity contribution is 5.79. The maximum atomic E-state index is 12.2. The van der Waals surface area contributed by atoms with Gasteiger partial charge in [0.1, 0.15) is 12.1 Å². The standard InChI is InChI=1S/C16H22N4O2/c1-22-14-8-13(9-18-16(21)12-4-2-3-5-12)20(10-14)15-6-7-17-11-19-15/h2-3,6-7,11-14H,4-5,8-10H2,1H3,(H,18,21)/t13-,14-/m1/s1. The first kappa shape index (κ1) is 15.0. The zero-order valence-corrected chi connectivity index (χ0v) is 12.8. The number of amides is 1. The van der Waals surface area contributed by atoms with E-state index in [4.69, 9.17) is 4.74 Å². The van der Waals surface area contributed by atoms with Gasteiger partial charge >= 0.3 is 0 Å². The van der Waals surface area contributed by atoms with Crippen LogP contribution < -0.4 is 10.2 Å². The number of ether oxygens (including phenoxy) is 1. The van der Waals surface area contributed by atoms with Crippen molar-refractivity contribution >= 4 is 11.7 Å². The molecule has 2 atom stereocenters. The second-order valence-electron chi connectivity index (χ2n) is 5.85. The maximum Gasteiger partial charge on any atom is 0.223 e. The van der Waals surface area contributed by atoms with Crippen LogP contribution in [-0.2, 0) is 9.53 Å². The fourth-order valence-electron chi connectivity index (χ4n) is 3.17. The molecular formula is C16H22N4O2. The number of hydrogen-bond donors (Lipinski definition) is 1. The molecule has 6 nitrogen and oxygen atoms in total. The van der Waals surface area contributed by atoms with E-state index >= 15 is 0 Å². The summed E-state index contributed by atoms with van der Waals surface area (Å²) in [5.74, 6) is 1.14. The highest BCUT2D eigenvalue weighted by Crippen LogP contribution is 2.25. The second-order valence-corrected chi connectivity index (χ2v) is 5.85. The lowest BCUT2D eigenvalue weighted by Crippen LogP contribution is -2.42. The number of anilines is 1. The van der Waals surface area contributed by atoms with E-state index in [1.54, 1.807) is 19.6 Å². The summed E-state index contributed by atoms with van der Waals surface area (Å²) in [6.45, 7) is 1.41. The number of carbonyl (C=O) groups excluding carboxylic acids is 1. The van der Waals surface area contributed by atoms with E-state index in [1.807, 2.05) is 6.07 Å². The fraction of sp³-hybridized carbons (Fsp3) is 0.562. The van der Waals surface area contributed by atoms with Crippen LogP contribution in [0, 0.1) is 5.92 Å². The third kappa shape index (κ3) is 3.27. The molecule has 0 spiro atoms. The highest BCUT2D eigenvalue weighted by Gasteiger charge is 2.33. The van der Waals surface area contributed by atoms with Gasteiger partial charge in [0.2, 0.25) is 5.91 Å². The van der Waals surface area contributed by atoms with Gasteiger partial charge in [-0.15, -0.1) is 0 Å². The van der Waals surface area contributed by atoms with Gasteiger partial charge in [-0.05, 0) is 25.3 Å². The van der Waals surface area contributed by atoms with Gasteiger partial charge in [0.25, 0.3) is 0 Å². The number of nitrogens with one attached hydrogen (secondary N) is 1. The first-order chi connectivity index (χ1) is 10.8. The number of allylic oxidation sites excluding steroid dienone is 2. The van der Waals surface area contributed by atoms with Crippen LogP contribution in [0.5, 0.6) is 0 Å². The van der Waals surface area contributed by atoms with Crippen LogP contribution >= 0.6 is 0 Å². The second kappa shape index (κ2) is 6.87. The van der Waals surface area contributed by atoms with Crippen molar-refractivity contribution in [2.75, 3.05) is 25.1 Å². The lowest BCUT2D eigenvalue weighted by Gasteiger charge is -2.25. The van der Waals surface area contributed by atoms with Gasteiger partial charge < -0.3 is 15.0 Å². The summed E-state index contributed by atoms with van der Waals surface area (Å²) in [6.07, 6.45) is 10.2. The van der Waals surface area contributed by atoms with E-state index in [9.17, 15) is 4.79 Å². The van der Waals surface area contributed by atoms with Crippen LogP contribution in [-0.4, -0.2) is 48.2 Å². The molecule has 1 aromatic heterocycles. The minimum absolute atomic E-state index is 0.104. The van der Waals surface area contributed by atoms with Crippen molar-refractivity contribution in [1.29, 1.82) is 0 Å². The Kier molecular flexibility index (Phi) is 4.68. The van der Waals surface area contributed by atoms with Gasteiger partial charge in [0, 0.05) is 32.3 Å². The van der Waals surface area contributed by atoms with Gasteiger partial charge in [-0.3, -0.25) is 4.79 Å². The summed E-state index contributed by atoms with van der Waals surface area (Å²) in [6, 6.07) is 2.10. The molecule has 1 fully saturated rings. The summed E-state index contributed by atoms with van der Waals surface area (Å²) in [7, 11) is 1.73.